The molecule has 0 aliphatic rings. The fraction of sp³-hybridized carbons (Fsp3) is 0.417. The highest BCUT2D eigenvalue weighted by Gasteiger charge is 2.28. The molecule has 0 aromatic heterocycles. The molecule has 0 saturated carbocycles. The zero-order valence-corrected chi connectivity index (χ0v) is 10.7. The molecule has 0 amide bonds. The standard InChI is InChI=1S/C12H15NO6/c1-3-4-5-19-10-6-9(15)8(7-14)12(18-2)11(10)13(16)17/h6-7,15H,3-5H2,1-2H3. The minimum Gasteiger partial charge on any atom is -0.507 e. The largest absolute Gasteiger partial charge is 0.507 e. The SMILES string of the molecule is CCCCOc1cc(O)c(C=O)c(OC)c1[N+](=O)[O-]. The van der Waals surface area contributed by atoms with E-state index in [2.05, 4.69) is 0 Å². The van der Waals surface area contributed by atoms with Crippen molar-refractivity contribution in [3.63, 3.8) is 0 Å². The van der Waals surface area contributed by atoms with Gasteiger partial charge in [-0.15, -0.1) is 0 Å². The fourth-order valence-electron chi connectivity index (χ4n) is 1.56. The Labute approximate surface area is 109 Å². The fourth-order valence-corrected chi connectivity index (χ4v) is 1.56. The van der Waals surface area contributed by atoms with Crippen LogP contribution in [-0.2, 0) is 0 Å². The highest BCUT2D eigenvalue weighted by atomic mass is 16.6. The molecule has 0 spiro atoms. The average Bonchev–Trinajstić information content (AvgIpc) is 2.37. The summed E-state index contributed by atoms with van der Waals surface area (Å²) in [5, 5.41) is 20.7. The molecule has 0 atom stereocenters. The van der Waals surface area contributed by atoms with Crippen molar-refractivity contribution in [3.05, 3.63) is 21.7 Å². The van der Waals surface area contributed by atoms with Crippen molar-refractivity contribution in [1.82, 2.24) is 0 Å². The normalized spacial score (nSPS) is 10.0. The van der Waals surface area contributed by atoms with Gasteiger partial charge in [-0.1, -0.05) is 13.3 Å². The second-order valence-electron chi connectivity index (χ2n) is 3.77. The van der Waals surface area contributed by atoms with E-state index in [1.54, 1.807) is 0 Å². The van der Waals surface area contributed by atoms with Gasteiger partial charge in [-0.2, -0.15) is 0 Å². The number of ether oxygens (including phenoxy) is 2. The van der Waals surface area contributed by atoms with E-state index in [0.29, 0.717) is 6.29 Å². The van der Waals surface area contributed by atoms with Crippen molar-refractivity contribution < 1.29 is 24.3 Å². The number of hydrogen-bond donors (Lipinski definition) is 1. The highest BCUT2D eigenvalue weighted by molar-refractivity contribution is 5.88. The summed E-state index contributed by atoms with van der Waals surface area (Å²) in [5.74, 6) is -0.825. The number of rotatable bonds is 7. The molecule has 1 aromatic carbocycles. The van der Waals surface area contributed by atoms with Crippen molar-refractivity contribution in [1.29, 1.82) is 0 Å². The molecule has 7 nitrogen and oxygen atoms in total. The molecule has 0 fully saturated rings. The number of carbonyl (C=O) groups excluding carboxylic acids is 1. The number of carbonyl (C=O) groups is 1. The smallest absolute Gasteiger partial charge is 0.353 e. The van der Waals surface area contributed by atoms with E-state index in [4.69, 9.17) is 9.47 Å². The third-order valence-electron chi connectivity index (χ3n) is 2.50. The minimum absolute atomic E-state index is 0.113. The first-order valence-electron chi connectivity index (χ1n) is 5.73. The summed E-state index contributed by atoms with van der Waals surface area (Å²) >= 11 is 0. The Hall–Kier alpha value is -2.31. The lowest BCUT2D eigenvalue weighted by Gasteiger charge is -2.11. The van der Waals surface area contributed by atoms with Crippen LogP contribution in [0.15, 0.2) is 6.07 Å². The van der Waals surface area contributed by atoms with Crippen LogP contribution in [0.3, 0.4) is 0 Å². The minimum atomic E-state index is -0.702. The summed E-state index contributed by atoms with van der Waals surface area (Å²) in [6, 6.07) is 1.06. The monoisotopic (exact) mass is 269 g/mol. The molecule has 0 aliphatic carbocycles. The summed E-state index contributed by atoms with van der Waals surface area (Å²) < 4.78 is 10.1. The zero-order chi connectivity index (χ0) is 14.4. The molecule has 0 radical (unpaired) electrons. The molecule has 0 bridgehead atoms. The van der Waals surface area contributed by atoms with E-state index in [9.17, 15) is 20.0 Å². The summed E-state index contributed by atoms with van der Waals surface area (Å²) in [6.07, 6.45) is 1.88. The Morgan fingerprint density at radius 3 is 2.68 bits per heavy atom. The van der Waals surface area contributed by atoms with Gasteiger partial charge in [0.05, 0.1) is 18.6 Å². The van der Waals surface area contributed by atoms with Crippen molar-refractivity contribution >= 4 is 12.0 Å². The maximum Gasteiger partial charge on any atom is 0.353 e. The third kappa shape index (κ3) is 3.12. The first-order valence-corrected chi connectivity index (χ1v) is 5.73. The van der Waals surface area contributed by atoms with Crippen LogP contribution in [0.25, 0.3) is 0 Å². The number of aromatic hydroxyl groups is 1. The van der Waals surface area contributed by atoms with Crippen LogP contribution in [0, 0.1) is 10.1 Å². The number of hydrogen-bond acceptors (Lipinski definition) is 6. The Morgan fingerprint density at radius 2 is 2.21 bits per heavy atom. The van der Waals surface area contributed by atoms with Crippen molar-refractivity contribution in [2.45, 2.75) is 19.8 Å². The maximum absolute atomic E-state index is 11.1. The van der Waals surface area contributed by atoms with Gasteiger partial charge in [0.15, 0.2) is 6.29 Å². The predicted molar refractivity (Wildman–Crippen MR) is 67.1 cm³/mol. The molecule has 1 N–H and O–H groups in total. The first-order chi connectivity index (χ1) is 9.06. The molecule has 7 heteroatoms. The summed E-state index contributed by atoms with van der Waals surface area (Å²) in [4.78, 5) is 21.2. The van der Waals surface area contributed by atoms with Crippen LogP contribution >= 0.6 is 0 Å². The van der Waals surface area contributed by atoms with Gasteiger partial charge in [-0.25, -0.2) is 0 Å². The number of nitrogens with zero attached hydrogens (tertiary/aromatic N) is 1. The number of nitro groups is 1. The molecule has 0 aliphatic heterocycles. The second kappa shape index (κ2) is 6.58. The van der Waals surface area contributed by atoms with Crippen LogP contribution in [0.4, 0.5) is 5.69 Å². The number of phenols is 1. The molecule has 19 heavy (non-hydrogen) atoms. The Kier molecular flexibility index (Phi) is 5.11. The molecule has 1 aromatic rings. The van der Waals surface area contributed by atoms with E-state index in [0.717, 1.165) is 18.9 Å². The van der Waals surface area contributed by atoms with Crippen LogP contribution in [-0.4, -0.2) is 30.0 Å². The lowest BCUT2D eigenvalue weighted by atomic mass is 10.1. The summed E-state index contributed by atoms with van der Waals surface area (Å²) in [6.45, 7) is 2.23. The van der Waals surface area contributed by atoms with E-state index in [1.807, 2.05) is 6.92 Å². The van der Waals surface area contributed by atoms with Gasteiger partial charge in [0.2, 0.25) is 11.5 Å². The van der Waals surface area contributed by atoms with Crippen molar-refractivity contribution in [2.75, 3.05) is 13.7 Å². The van der Waals surface area contributed by atoms with Gasteiger partial charge in [-0.05, 0) is 6.42 Å². The van der Waals surface area contributed by atoms with Gasteiger partial charge in [0.1, 0.15) is 11.3 Å². The third-order valence-corrected chi connectivity index (χ3v) is 2.50. The first kappa shape index (κ1) is 14.7. The Balaban J connectivity index is 3.33. The Bertz CT molecular complexity index is 486. The van der Waals surface area contributed by atoms with E-state index in [-0.39, 0.29) is 23.7 Å². The zero-order valence-electron chi connectivity index (χ0n) is 10.7. The number of unbranched alkanes of at least 4 members (excludes halogenated alkanes) is 1. The van der Waals surface area contributed by atoms with E-state index in [1.165, 1.54) is 7.11 Å². The van der Waals surface area contributed by atoms with Gasteiger partial charge in [0.25, 0.3) is 0 Å². The van der Waals surface area contributed by atoms with Crippen LogP contribution in [0.1, 0.15) is 30.1 Å². The Morgan fingerprint density at radius 1 is 1.53 bits per heavy atom. The number of aldehydes is 1. The topological polar surface area (TPSA) is 98.9 Å². The lowest BCUT2D eigenvalue weighted by Crippen LogP contribution is -2.04. The van der Waals surface area contributed by atoms with Crippen molar-refractivity contribution in [2.24, 2.45) is 0 Å². The van der Waals surface area contributed by atoms with Gasteiger partial charge < -0.3 is 14.6 Å². The molecule has 0 heterocycles. The number of nitro benzene ring substituents is 1. The van der Waals surface area contributed by atoms with Crippen LogP contribution < -0.4 is 9.47 Å². The maximum atomic E-state index is 11.1. The van der Waals surface area contributed by atoms with Gasteiger partial charge in [0, 0.05) is 6.07 Å². The molecule has 0 unspecified atom stereocenters. The quantitative estimate of drug-likeness (QED) is 0.353. The molecule has 104 valence electrons. The summed E-state index contributed by atoms with van der Waals surface area (Å²) in [7, 11) is 1.19. The second-order valence-corrected chi connectivity index (χ2v) is 3.77. The number of phenolic OH excluding ortho intramolecular Hbond substituents is 1. The predicted octanol–water partition coefficient (Wildman–Crippen LogP) is 2.30. The van der Waals surface area contributed by atoms with E-state index >= 15 is 0 Å². The molecular formula is C12H15NO6. The lowest BCUT2D eigenvalue weighted by molar-refractivity contribution is -0.386. The molecular weight excluding hydrogens is 254 g/mol. The van der Waals surface area contributed by atoms with Crippen LogP contribution in [0.2, 0.25) is 0 Å². The number of methoxy groups -OCH3 is 1. The van der Waals surface area contributed by atoms with Crippen molar-refractivity contribution in [3.8, 4) is 17.2 Å². The van der Waals surface area contributed by atoms with Gasteiger partial charge >= 0.3 is 5.69 Å². The average molecular weight is 269 g/mol. The number of benzene rings is 1. The summed E-state index contributed by atoms with van der Waals surface area (Å²) in [5.41, 5.74) is -0.726. The highest BCUT2D eigenvalue weighted by Crippen LogP contribution is 2.43. The molecule has 0 saturated heterocycles. The van der Waals surface area contributed by atoms with E-state index < -0.39 is 16.4 Å². The molecule has 1 rings (SSSR count). The van der Waals surface area contributed by atoms with Crippen LogP contribution in [0.5, 0.6) is 17.2 Å². The van der Waals surface area contributed by atoms with Gasteiger partial charge in [-0.3, -0.25) is 14.9 Å².